The first kappa shape index (κ1) is 29.0. The smallest absolute Gasteiger partial charge is 0.322 e. The molecule has 214 valence electrons. The van der Waals surface area contributed by atoms with E-state index < -0.39 is 17.6 Å². The van der Waals surface area contributed by atoms with Crippen molar-refractivity contribution in [3.63, 3.8) is 0 Å². The lowest BCUT2D eigenvalue weighted by molar-refractivity contribution is -0.138. The van der Waals surface area contributed by atoms with E-state index in [0.29, 0.717) is 30.3 Å². The summed E-state index contributed by atoms with van der Waals surface area (Å²) in [6.45, 7) is 3.10. The molecule has 2 aromatic carbocycles. The second-order valence-corrected chi connectivity index (χ2v) is 10.6. The van der Waals surface area contributed by atoms with Crippen LogP contribution in [0.1, 0.15) is 32.6 Å². The van der Waals surface area contributed by atoms with Crippen LogP contribution in [0.15, 0.2) is 53.4 Å². The summed E-state index contributed by atoms with van der Waals surface area (Å²) in [7, 11) is 1.98. The van der Waals surface area contributed by atoms with Crippen molar-refractivity contribution in [2.45, 2.75) is 12.7 Å². The lowest BCUT2D eigenvalue weighted by Gasteiger charge is -2.33. The molecule has 3 aliphatic rings. The first-order chi connectivity index (χ1) is 20.1. The van der Waals surface area contributed by atoms with Gasteiger partial charge < -0.3 is 10.2 Å². The molecule has 3 aliphatic heterocycles. The minimum Gasteiger partial charge on any atom is -0.322 e. The van der Waals surface area contributed by atoms with Gasteiger partial charge in [-0.05, 0) is 49.2 Å². The highest BCUT2D eigenvalue weighted by Gasteiger charge is 2.34. The molecule has 5 rings (SSSR count). The quantitative estimate of drug-likeness (QED) is 0.417. The molecule has 0 unspecified atom stereocenters. The Kier molecular flexibility index (Phi) is 8.39. The van der Waals surface area contributed by atoms with E-state index in [0.717, 1.165) is 24.2 Å². The van der Waals surface area contributed by atoms with Gasteiger partial charge >= 0.3 is 12.5 Å². The zero-order valence-electron chi connectivity index (χ0n) is 22.8. The van der Waals surface area contributed by atoms with Crippen LogP contribution >= 0.6 is 11.8 Å². The number of rotatable bonds is 4. The van der Waals surface area contributed by atoms with Crippen molar-refractivity contribution in [3.05, 3.63) is 76.1 Å². The van der Waals surface area contributed by atoms with Crippen molar-refractivity contribution < 1.29 is 18.0 Å². The molecule has 0 radical (unpaired) electrons. The molecule has 1 amide bonds. The molecule has 13 heteroatoms. The third-order valence-corrected chi connectivity index (χ3v) is 7.48. The van der Waals surface area contributed by atoms with Crippen LogP contribution in [0.2, 0.25) is 0 Å². The summed E-state index contributed by atoms with van der Waals surface area (Å²) < 4.78 is 46.3. The number of benzene rings is 2. The van der Waals surface area contributed by atoms with Crippen LogP contribution in [-0.2, 0) is 12.7 Å². The van der Waals surface area contributed by atoms with Gasteiger partial charge in [0.1, 0.15) is 0 Å². The summed E-state index contributed by atoms with van der Waals surface area (Å²) in [6, 6.07) is 10.2. The van der Waals surface area contributed by atoms with E-state index in [4.69, 9.17) is 0 Å². The number of hydrogen-bond donors (Lipinski definition) is 2. The van der Waals surface area contributed by atoms with E-state index >= 15 is 0 Å². The molecule has 0 aliphatic carbocycles. The second-order valence-electron chi connectivity index (χ2n) is 9.80. The Hall–Kier alpha value is -4.52. The average molecular weight is 592 g/mol. The maximum atomic E-state index is 14.0. The number of nitrogens with zero attached hydrogens (tertiary/aromatic N) is 6. The fourth-order valence-electron chi connectivity index (χ4n) is 4.55. The van der Waals surface area contributed by atoms with Gasteiger partial charge in [-0.3, -0.25) is 9.69 Å². The maximum Gasteiger partial charge on any atom is 0.416 e. The van der Waals surface area contributed by atoms with Crippen molar-refractivity contribution in [2.24, 2.45) is 5.10 Å². The minimum atomic E-state index is -4.59. The molecule has 0 aromatic heterocycles. The van der Waals surface area contributed by atoms with Crippen molar-refractivity contribution in [2.75, 3.05) is 44.8 Å². The summed E-state index contributed by atoms with van der Waals surface area (Å²) >= 11 is 1.49. The van der Waals surface area contributed by atoms with Crippen LogP contribution < -0.4 is 15.4 Å². The molecule has 2 N–H and O–H groups in total. The molecule has 1 saturated heterocycles. The molecule has 42 heavy (non-hydrogen) atoms. The van der Waals surface area contributed by atoms with Crippen molar-refractivity contribution >= 4 is 40.6 Å². The molecule has 0 spiro atoms. The Morgan fingerprint density at radius 1 is 1.14 bits per heavy atom. The second kappa shape index (κ2) is 12.1. The largest absolute Gasteiger partial charge is 0.416 e. The third-order valence-electron chi connectivity index (χ3n) is 6.84. The monoisotopic (exact) mass is 591 g/mol. The highest BCUT2D eigenvalue weighted by molar-refractivity contribution is 8.13. The molecule has 0 saturated carbocycles. The van der Waals surface area contributed by atoms with Gasteiger partial charge in [0.15, 0.2) is 0 Å². The van der Waals surface area contributed by atoms with E-state index in [1.165, 1.54) is 42.1 Å². The highest BCUT2D eigenvalue weighted by Crippen LogP contribution is 2.34. The number of anilines is 1. The first-order valence-corrected chi connectivity index (χ1v) is 14.1. The topological polar surface area (TPSA) is 101 Å². The number of thioether (sulfide) groups is 1. The number of nitriles is 1. The number of amidine groups is 1. The van der Waals surface area contributed by atoms with E-state index in [-0.39, 0.29) is 28.9 Å². The number of amides is 1. The minimum absolute atomic E-state index is 0.000881. The van der Waals surface area contributed by atoms with Gasteiger partial charge in [0.2, 0.25) is 5.82 Å². The Morgan fingerprint density at radius 2 is 1.90 bits per heavy atom. The van der Waals surface area contributed by atoms with E-state index in [1.54, 1.807) is 11.2 Å². The summed E-state index contributed by atoms with van der Waals surface area (Å²) in [5, 5.41) is 17.1. The van der Waals surface area contributed by atoms with Crippen molar-refractivity contribution in [3.8, 4) is 17.9 Å². The summed E-state index contributed by atoms with van der Waals surface area (Å²) in [6.07, 6.45) is 0.730. The Morgan fingerprint density at radius 3 is 2.62 bits per heavy atom. The van der Waals surface area contributed by atoms with Gasteiger partial charge in [0.25, 0.3) is 16.8 Å². The number of hydrogen-bond acceptors (Lipinski definition) is 8. The van der Waals surface area contributed by atoms with Gasteiger partial charge in [0.05, 0.1) is 23.3 Å². The fourth-order valence-corrected chi connectivity index (χ4v) is 4.93. The Bertz CT molecular complexity index is 1650. The lowest BCUT2D eigenvalue weighted by Crippen LogP contribution is -2.44. The first-order valence-electron chi connectivity index (χ1n) is 12.9. The van der Waals surface area contributed by atoms with Gasteiger partial charge in [-0.2, -0.15) is 18.4 Å². The maximum absolute atomic E-state index is 14.0. The number of carbonyl (C=O) groups is 1. The number of nitrogens with one attached hydrogen (secondary N) is 2. The van der Waals surface area contributed by atoms with Crippen LogP contribution in [0.5, 0.6) is 0 Å². The number of halogens is 3. The summed E-state index contributed by atoms with van der Waals surface area (Å²) in [5.41, 5.74) is 2.86. The molecule has 3 heterocycles. The number of alkyl halides is 3. The normalized spacial score (nSPS) is 16.8. The number of hydrazone groups is 1. The molecular weight excluding hydrogens is 565 g/mol. The van der Waals surface area contributed by atoms with Crippen molar-refractivity contribution in [1.82, 2.24) is 24.8 Å². The fraction of sp³-hybridized carbons (Fsp3) is 0.276. The number of likely N-dealkylation sites (N-methyl/N-ethyl adjacent to an activating group) is 1. The Balaban J connectivity index is 1.35. The predicted molar refractivity (Wildman–Crippen MR) is 157 cm³/mol. The number of carbonyl (C=O) groups excluding carboxylic acids is 1. The molecule has 2 aromatic rings. The van der Waals surface area contributed by atoms with Gasteiger partial charge in [-0.25, -0.2) is 10.1 Å². The zero-order chi connectivity index (χ0) is 29.9. The Labute approximate surface area is 245 Å². The summed E-state index contributed by atoms with van der Waals surface area (Å²) in [4.78, 5) is 18.9. The summed E-state index contributed by atoms with van der Waals surface area (Å²) in [5.74, 6) is 6.21. The van der Waals surface area contributed by atoms with Crippen LogP contribution in [-0.4, -0.2) is 77.3 Å². The molecule has 0 bridgehead atoms. The third kappa shape index (κ3) is 6.68. The van der Waals surface area contributed by atoms with E-state index in [2.05, 4.69) is 37.3 Å². The van der Waals surface area contributed by atoms with Gasteiger partial charge in [-0.1, -0.05) is 23.7 Å². The van der Waals surface area contributed by atoms with Gasteiger partial charge in [0, 0.05) is 55.5 Å². The van der Waals surface area contributed by atoms with Crippen LogP contribution in [0.3, 0.4) is 0 Å². The molecule has 0 atom stereocenters. The molecule has 9 nitrogen and oxygen atoms in total. The predicted octanol–water partition coefficient (Wildman–Crippen LogP) is 2.86. The standard InChI is InChI=1S/C29H25F3N8OS/c1-38-7-9-39(10-8-38)17-21-4-5-23(14-24(21)29(30,31)32)35-28(41)22-12-19(11-20(13-22)16-33)3-6-25-36-37-26-15-27(42-2)34-18-40(25)26/h4-5,11-15,18H,7-10,17H2,1-2H3,(H,35,41)/p+1. The van der Waals surface area contributed by atoms with Crippen LogP contribution in [0, 0.1) is 23.2 Å². The number of fused-ring (bicyclic) bond motifs is 1. The van der Waals surface area contributed by atoms with E-state index in [1.807, 2.05) is 30.3 Å². The lowest BCUT2D eigenvalue weighted by atomic mass is 10.0. The number of piperazine rings is 1. The van der Waals surface area contributed by atoms with Crippen LogP contribution in [0.4, 0.5) is 18.9 Å². The van der Waals surface area contributed by atoms with Gasteiger partial charge in [-0.15, -0.1) is 10.0 Å². The zero-order valence-corrected chi connectivity index (χ0v) is 23.6. The molecule has 1 fully saturated rings. The van der Waals surface area contributed by atoms with Crippen molar-refractivity contribution in [1.29, 1.82) is 5.26 Å². The van der Waals surface area contributed by atoms with Crippen LogP contribution in [0.25, 0.3) is 0 Å². The molecular formula is C29H26F3N8OS+. The van der Waals surface area contributed by atoms with E-state index in [9.17, 15) is 23.2 Å². The SMILES string of the molecule is CSC1=[N+]=CN2C(=C1)NN=C2C#Cc1cc(C#N)cc(C(=O)Nc2ccc(CN3CCN(C)CC3)c(C(F)(F)F)c2)c1. The average Bonchev–Trinajstić information content (AvgIpc) is 3.39. The highest BCUT2D eigenvalue weighted by atomic mass is 32.2.